The molecule has 4 aromatic carbocycles. The van der Waals surface area contributed by atoms with E-state index < -0.39 is 0 Å². The summed E-state index contributed by atoms with van der Waals surface area (Å²) in [7, 11) is 0. The summed E-state index contributed by atoms with van der Waals surface area (Å²) < 4.78 is 18.3. The fraction of sp³-hybridized carbons (Fsp3) is 0.353. The number of hydrogen-bond acceptors (Lipinski definition) is 4. The van der Waals surface area contributed by atoms with Gasteiger partial charge in [0.2, 0.25) is 0 Å². The number of rotatable bonds is 11. The maximum atomic E-state index is 6.46. The Labute approximate surface area is 226 Å². The molecule has 1 fully saturated rings. The van der Waals surface area contributed by atoms with E-state index in [0.29, 0.717) is 32.3 Å². The van der Waals surface area contributed by atoms with E-state index in [1.807, 2.05) is 0 Å². The van der Waals surface area contributed by atoms with E-state index in [0.717, 1.165) is 31.7 Å². The van der Waals surface area contributed by atoms with Crippen molar-refractivity contribution in [2.24, 2.45) is 0 Å². The van der Waals surface area contributed by atoms with Gasteiger partial charge in [-0.25, -0.2) is 0 Å². The van der Waals surface area contributed by atoms with E-state index in [1.54, 1.807) is 0 Å². The van der Waals surface area contributed by atoms with Crippen LogP contribution in [0.1, 0.15) is 46.6 Å². The van der Waals surface area contributed by atoms with Crippen LogP contribution in [0.25, 0.3) is 10.8 Å². The number of nitrogens with one attached hydrogen (secondary N) is 1. The van der Waals surface area contributed by atoms with Crippen LogP contribution in [-0.4, -0.2) is 32.4 Å². The normalized spacial score (nSPS) is 17.5. The average Bonchev–Trinajstić information content (AvgIpc) is 2.96. The molecule has 2 atom stereocenters. The molecule has 2 unspecified atom stereocenters. The van der Waals surface area contributed by atoms with E-state index >= 15 is 0 Å². The Kier molecular flexibility index (Phi) is 9.08. The van der Waals surface area contributed by atoms with Gasteiger partial charge in [0.1, 0.15) is 5.75 Å². The molecule has 1 saturated heterocycles. The first-order chi connectivity index (χ1) is 18.7. The molecule has 38 heavy (non-hydrogen) atoms. The van der Waals surface area contributed by atoms with E-state index in [9.17, 15) is 0 Å². The monoisotopic (exact) mass is 509 g/mol. The molecule has 0 spiro atoms. The highest BCUT2D eigenvalue weighted by molar-refractivity contribution is 5.82. The van der Waals surface area contributed by atoms with Gasteiger partial charge < -0.3 is 19.5 Å². The third-order valence-corrected chi connectivity index (χ3v) is 7.48. The minimum atomic E-state index is 0.149. The Morgan fingerprint density at radius 1 is 0.816 bits per heavy atom. The lowest BCUT2D eigenvalue weighted by Gasteiger charge is -2.32. The number of benzene rings is 4. The van der Waals surface area contributed by atoms with Crippen LogP contribution in [-0.2, 0) is 22.7 Å². The van der Waals surface area contributed by atoms with Crippen LogP contribution >= 0.6 is 0 Å². The molecular formula is C34H39NO3. The van der Waals surface area contributed by atoms with Gasteiger partial charge in [-0.05, 0) is 78.0 Å². The highest BCUT2D eigenvalue weighted by Crippen LogP contribution is 2.30. The van der Waals surface area contributed by atoms with Gasteiger partial charge in [0.15, 0.2) is 0 Å². The highest BCUT2D eigenvalue weighted by atomic mass is 16.5. The zero-order valence-corrected chi connectivity index (χ0v) is 22.6. The maximum Gasteiger partial charge on any atom is 0.119 e. The molecule has 198 valence electrons. The van der Waals surface area contributed by atoms with Crippen molar-refractivity contribution in [2.75, 3.05) is 26.3 Å². The number of piperidine rings is 1. The molecule has 0 saturated carbocycles. The van der Waals surface area contributed by atoms with Gasteiger partial charge in [-0.2, -0.15) is 0 Å². The fourth-order valence-corrected chi connectivity index (χ4v) is 5.22. The van der Waals surface area contributed by atoms with Crippen LogP contribution in [0.5, 0.6) is 5.75 Å². The summed E-state index contributed by atoms with van der Waals surface area (Å²) in [5, 5.41) is 6.04. The Hall–Kier alpha value is -3.18. The van der Waals surface area contributed by atoms with E-state index in [4.69, 9.17) is 14.2 Å². The number of hydrogen-bond donors (Lipinski definition) is 1. The first-order valence-electron chi connectivity index (χ1n) is 13.8. The second-order valence-electron chi connectivity index (χ2n) is 10.4. The third-order valence-electron chi connectivity index (χ3n) is 7.48. The molecule has 1 N–H and O–H groups in total. The Morgan fingerprint density at radius 3 is 2.53 bits per heavy atom. The van der Waals surface area contributed by atoms with Crippen LogP contribution in [0.15, 0.2) is 84.9 Å². The molecule has 0 amide bonds. The summed E-state index contributed by atoms with van der Waals surface area (Å²) in [6.45, 7) is 8.76. The molecule has 1 aliphatic heterocycles. The molecule has 1 aliphatic rings. The SMILES string of the molecule is Cc1ccc(C)c(COCCCOc2ccc(C3CCNCC3OCc3ccc4ccccc4c3)cc2)c1. The van der Waals surface area contributed by atoms with Gasteiger partial charge in [0, 0.05) is 18.9 Å². The second-order valence-corrected chi connectivity index (χ2v) is 10.4. The Balaban J connectivity index is 1.08. The van der Waals surface area contributed by atoms with Crippen molar-refractivity contribution in [3.8, 4) is 5.75 Å². The van der Waals surface area contributed by atoms with Crippen LogP contribution < -0.4 is 10.1 Å². The summed E-state index contributed by atoms with van der Waals surface area (Å²) >= 11 is 0. The van der Waals surface area contributed by atoms with E-state index in [2.05, 4.69) is 104 Å². The zero-order chi connectivity index (χ0) is 26.2. The molecule has 5 rings (SSSR count). The van der Waals surface area contributed by atoms with Crippen LogP contribution in [0.2, 0.25) is 0 Å². The summed E-state index contributed by atoms with van der Waals surface area (Å²) in [5.74, 6) is 1.29. The minimum Gasteiger partial charge on any atom is -0.494 e. The molecule has 1 heterocycles. The summed E-state index contributed by atoms with van der Waals surface area (Å²) in [4.78, 5) is 0. The number of aryl methyl sites for hydroxylation is 2. The van der Waals surface area contributed by atoms with Gasteiger partial charge in [-0.15, -0.1) is 0 Å². The molecule has 0 bridgehead atoms. The van der Waals surface area contributed by atoms with Crippen LogP contribution in [0.4, 0.5) is 0 Å². The van der Waals surface area contributed by atoms with Gasteiger partial charge in [0.25, 0.3) is 0 Å². The lowest BCUT2D eigenvalue weighted by molar-refractivity contribution is 0.0106. The van der Waals surface area contributed by atoms with E-state index in [-0.39, 0.29) is 6.10 Å². The van der Waals surface area contributed by atoms with Crippen LogP contribution in [0, 0.1) is 13.8 Å². The van der Waals surface area contributed by atoms with Gasteiger partial charge >= 0.3 is 0 Å². The van der Waals surface area contributed by atoms with Gasteiger partial charge in [-0.3, -0.25) is 0 Å². The largest absolute Gasteiger partial charge is 0.494 e. The molecule has 4 nitrogen and oxygen atoms in total. The maximum absolute atomic E-state index is 6.46. The van der Waals surface area contributed by atoms with Crippen molar-refractivity contribution in [3.05, 3.63) is 113 Å². The van der Waals surface area contributed by atoms with Crippen LogP contribution in [0.3, 0.4) is 0 Å². The summed E-state index contributed by atoms with van der Waals surface area (Å²) in [6, 6.07) is 30.2. The first kappa shape index (κ1) is 26.4. The topological polar surface area (TPSA) is 39.7 Å². The van der Waals surface area contributed by atoms with Crippen molar-refractivity contribution >= 4 is 10.8 Å². The number of fused-ring (bicyclic) bond motifs is 1. The highest BCUT2D eigenvalue weighted by Gasteiger charge is 2.27. The summed E-state index contributed by atoms with van der Waals surface area (Å²) in [5.41, 5.74) is 6.35. The summed E-state index contributed by atoms with van der Waals surface area (Å²) in [6.07, 6.45) is 2.09. The van der Waals surface area contributed by atoms with E-state index in [1.165, 1.54) is 38.6 Å². The molecule has 4 aromatic rings. The Bertz CT molecular complexity index is 1320. The minimum absolute atomic E-state index is 0.149. The van der Waals surface area contributed by atoms with Crippen molar-refractivity contribution in [2.45, 2.75) is 51.9 Å². The van der Waals surface area contributed by atoms with Crippen molar-refractivity contribution in [3.63, 3.8) is 0 Å². The predicted molar refractivity (Wildman–Crippen MR) is 155 cm³/mol. The van der Waals surface area contributed by atoms with Crippen molar-refractivity contribution in [1.82, 2.24) is 5.32 Å². The molecule has 0 aliphatic carbocycles. The van der Waals surface area contributed by atoms with Crippen molar-refractivity contribution in [1.29, 1.82) is 0 Å². The zero-order valence-electron chi connectivity index (χ0n) is 22.6. The Morgan fingerprint density at radius 2 is 1.66 bits per heavy atom. The third kappa shape index (κ3) is 7.02. The lowest BCUT2D eigenvalue weighted by Crippen LogP contribution is -2.40. The fourth-order valence-electron chi connectivity index (χ4n) is 5.22. The standard InChI is InChI=1S/C34H39NO3/c1-25-8-9-26(2)31(20-25)24-36-18-5-19-37-32-14-12-29(13-15-32)33-16-17-35-22-34(33)38-23-27-10-11-28-6-3-4-7-30(28)21-27/h3-4,6-15,20-21,33-35H,5,16-19,22-24H2,1-2H3. The second kappa shape index (κ2) is 13.1. The average molecular weight is 510 g/mol. The smallest absolute Gasteiger partial charge is 0.119 e. The number of ether oxygens (including phenoxy) is 3. The molecule has 0 aromatic heterocycles. The predicted octanol–water partition coefficient (Wildman–Crippen LogP) is 7.10. The van der Waals surface area contributed by atoms with Gasteiger partial charge in [0.05, 0.1) is 32.5 Å². The van der Waals surface area contributed by atoms with Crippen molar-refractivity contribution < 1.29 is 14.2 Å². The molecule has 4 heteroatoms. The molecule has 0 radical (unpaired) electrons. The molecular weight excluding hydrogens is 470 g/mol. The first-order valence-corrected chi connectivity index (χ1v) is 13.8. The van der Waals surface area contributed by atoms with Gasteiger partial charge in [-0.1, -0.05) is 72.3 Å². The quantitative estimate of drug-likeness (QED) is 0.219. The lowest BCUT2D eigenvalue weighted by atomic mass is 9.87.